The van der Waals surface area contributed by atoms with E-state index in [0.29, 0.717) is 0 Å². The molecule has 0 bridgehead atoms. The van der Waals surface area contributed by atoms with Crippen LogP contribution >= 0.6 is 15.9 Å². The Labute approximate surface area is 154 Å². The summed E-state index contributed by atoms with van der Waals surface area (Å²) in [5, 5.41) is 0. The van der Waals surface area contributed by atoms with E-state index < -0.39 is 0 Å². The molecule has 0 saturated carbocycles. The van der Waals surface area contributed by atoms with Crippen LogP contribution in [0.1, 0.15) is 0 Å². The minimum Gasteiger partial charge on any atom is -0.255 e. The molecule has 0 fully saturated rings. The van der Waals surface area contributed by atoms with Crippen LogP contribution in [0.5, 0.6) is 0 Å². The number of hydrogen-bond donors (Lipinski definition) is 0. The van der Waals surface area contributed by atoms with Crippen molar-refractivity contribution in [3.63, 3.8) is 0 Å². The zero-order valence-electron chi connectivity index (χ0n) is 13.3. The van der Waals surface area contributed by atoms with Gasteiger partial charge in [0.15, 0.2) is 0 Å². The number of hydrogen-bond acceptors (Lipinski definition) is 3. The van der Waals surface area contributed by atoms with Crippen molar-refractivity contribution in [2.45, 2.75) is 0 Å². The third-order valence-electron chi connectivity index (χ3n) is 3.94. The van der Waals surface area contributed by atoms with Crippen molar-refractivity contribution >= 4 is 15.9 Å². The molecule has 0 aliphatic rings. The van der Waals surface area contributed by atoms with Crippen LogP contribution in [-0.2, 0) is 0 Å². The number of nitrogens with zero attached hydrogens (tertiary/aromatic N) is 3. The van der Waals surface area contributed by atoms with Crippen LogP contribution in [-0.4, -0.2) is 15.0 Å². The van der Waals surface area contributed by atoms with E-state index >= 15 is 0 Å². The number of halogens is 1. The van der Waals surface area contributed by atoms with Crippen LogP contribution in [0.3, 0.4) is 0 Å². The second kappa shape index (κ2) is 6.95. The van der Waals surface area contributed by atoms with Crippen molar-refractivity contribution in [2.24, 2.45) is 0 Å². The highest BCUT2D eigenvalue weighted by molar-refractivity contribution is 9.10. The molecule has 0 aliphatic carbocycles. The number of rotatable bonds is 3. The minimum atomic E-state index is 0.811. The summed E-state index contributed by atoms with van der Waals surface area (Å²) in [6.45, 7) is 0. The van der Waals surface area contributed by atoms with Gasteiger partial charge in [0.1, 0.15) is 0 Å². The predicted molar refractivity (Wildman–Crippen MR) is 104 cm³/mol. The van der Waals surface area contributed by atoms with E-state index in [2.05, 4.69) is 49.1 Å². The predicted octanol–water partition coefficient (Wildman–Crippen LogP) is 5.64. The molecule has 0 aliphatic heterocycles. The molecule has 0 atom stereocenters. The maximum absolute atomic E-state index is 4.67. The van der Waals surface area contributed by atoms with Crippen molar-refractivity contribution < 1.29 is 0 Å². The summed E-state index contributed by atoms with van der Waals surface area (Å²) >= 11 is 3.68. The summed E-state index contributed by atoms with van der Waals surface area (Å²) in [6, 6.07) is 22.1. The van der Waals surface area contributed by atoms with Gasteiger partial charge in [-0.1, -0.05) is 42.5 Å². The maximum atomic E-state index is 4.67. The van der Waals surface area contributed by atoms with Gasteiger partial charge in [0.2, 0.25) is 0 Å². The molecule has 0 unspecified atom stereocenters. The Bertz CT molecular complexity index is 1000. The smallest absolute Gasteiger partial charge is 0.0991 e. The molecule has 3 nitrogen and oxygen atoms in total. The van der Waals surface area contributed by atoms with Crippen molar-refractivity contribution in [1.82, 2.24) is 15.0 Å². The average Bonchev–Trinajstić information content (AvgIpc) is 2.69. The van der Waals surface area contributed by atoms with Crippen LogP contribution < -0.4 is 0 Å². The van der Waals surface area contributed by atoms with Gasteiger partial charge in [0, 0.05) is 34.2 Å². The lowest BCUT2D eigenvalue weighted by Crippen LogP contribution is -1.96. The van der Waals surface area contributed by atoms with Crippen molar-refractivity contribution in [1.29, 1.82) is 0 Å². The summed E-state index contributed by atoms with van der Waals surface area (Å²) in [7, 11) is 0. The maximum Gasteiger partial charge on any atom is 0.0991 e. The van der Waals surface area contributed by atoms with E-state index in [1.807, 2.05) is 54.7 Å². The van der Waals surface area contributed by atoms with Gasteiger partial charge in [-0.3, -0.25) is 15.0 Å². The highest BCUT2D eigenvalue weighted by Crippen LogP contribution is 2.39. The molecule has 4 heteroatoms. The molecule has 0 amide bonds. The quantitative estimate of drug-likeness (QED) is 0.456. The molecule has 120 valence electrons. The third kappa shape index (κ3) is 3.08. The standard InChI is InChI=1S/C21H14BrN3/c22-17-11-14-25-21(18-10-4-5-12-23-18)19(17)20-16(9-6-13-24-20)15-7-2-1-3-8-15/h1-14H. The van der Waals surface area contributed by atoms with Crippen LogP contribution in [0.2, 0.25) is 0 Å². The van der Waals surface area contributed by atoms with Gasteiger partial charge >= 0.3 is 0 Å². The Morgan fingerprint density at radius 3 is 2.16 bits per heavy atom. The molecule has 1 aromatic carbocycles. The molecule has 0 spiro atoms. The fraction of sp³-hybridized carbons (Fsp3) is 0. The number of pyridine rings is 3. The van der Waals surface area contributed by atoms with E-state index in [0.717, 1.165) is 38.2 Å². The van der Waals surface area contributed by atoms with Crippen LogP contribution in [0.4, 0.5) is 0 Å². The lowest BCUT2D eigenvalue weighted by molar-refractivity contribution is 1.22. The lowest BCUT2D eigenvalue weighted by atomic mass is 9.97. The molecule has 4 aromatic rings. The van der Waals surface area contributed by atoms with Gasteiger partial charge in [-0.05, 0) is 45.8 Å². The molecular formula is C21H14BrN3. The van der Waals surface area contributed by atoms with Gasteiger partial charge in [-0.25, -0.2) is 0 Å². The Morgan fingerprint density at radius 1 is 0.600 bits per heavy atom. The summed E-state index contributed by atoms with van der Waals surface area (Å²) in [6.07, 6.45) is 5.37. The Kier molecular flexibility index (Phi) is 4.36. The monoisotopic (exact) mass is 387 g/mol. The zero-order valence-corrected chi connectivity index (χ0v) is 14.9. The molecule has 4 rings (SSSR count). The van der Waals surface area contributed by atoms with E-state index in [-0.39, 0.29) is 0 Å². The average molecular weight is 388 g/mol. The van der Waals surface area contributed by atoms with E-state index in [1.54, 1.807) is 12.4 Å². The van der Waals surface area contributed by atoms with E-state index in [4.69, 9.17) is 0 Å². The summed E-state index contributed by atoms with van der Waals surface area (Å²) in [5.74, 6) is 0. The summed E-state index contributed by atoms with van der Waals surface area (Å²) in [5.41, 5.74) is 5.65. The van der Waals surface area contributed by atoms with Crippen LogP contribution in [0.25, 0.3) is 33.8 Å². The fourth-order valence-corrected chi connectivity index (χ4v) is 3.31. The molecule has 3 heterocycles. The topological polar surface area (TPSA) is 38.7 Å². The normalized spacial score (nSPS) is 10.6. The van der Waals surface area contributed by atoms with Gasteiger partial charge in [0.25, 0.3) is 0 Å². The highest BCUT2D eigenvalue weighted by atomic mass is 79.9. The highest BCUT2D eigenvalue weighted by Gasteiger charge is 2.18. The van der Waals surface area contributed by atoms with Gasteiger partial charge < -0.3 is 0 Å². The summed E-state index contributed by atoms with van der Waals surface area (Å²) in [4.78, 5) is 13.7. The van der Waals surface area contributed by atoms with Gasteiger partial charge in [0.05, 0.1) is 17.1 Å². The molecule has 3 aromatic heterocycles. The SMILES string of the molecule is Brc1ccnc(-c2ccccn2)c1-c1ncccc1-c1ccccc1. The first kappa shape index (κ1) is 15.7. The first-order chi connectivity index (χ1) is 12.3. The fourth-order valence-electron chi connectivity index (χ4n) is 2.82. The third-order valence-corrected chi connectivity index (χ3v) is 4.60. The minimum absolute atomic E-state index is 0.811. The second-order valence-corrected chi connectivity index (χ2v) is 6.35. The Hall–Kier alpha value is -2.85. The van der Waals surface area contributed by atoms with Crippen molar-refractivity contribution in [2.75, 3.05) is 0 Å². The van der Waals surface area contributed by atoms with Crippen molar-refractivity contribution in [3.8, 4) is 33.8 Å². The zero-order chi connectivity index (χ0) is 17.1. The molecule has 0 radical (unpaired) electrons. The van der Waals surface area contributed by atoms with Gasteiger partial charge in [-0.2, -0.15) is 0 Å². The van der Waals surface area contributed by atoms with Crippen molar-refractivity contribution in [3.05, 3.63) is 89.8 Å². The summed E-state index contributed by atoms with van der Waals surface area (Å²) < 4.78 is 0.944. The first-order valence-corrected chi connectivity index (χ1v) is 8.70. The molecule has 0 N–H and O–H groups in total. The first-order valence-electron chi connectivity index (χ1n) is 7.91. The number of benzene rings is 1. The van der Waals surface area contributed by atoms with E-state index in [1.165, 1.54) is 0 Å². The van der Waals surface area contributed by atoms with E-state index in [9.17, 15) is 0 Å². The largest absolute Gasteiger partial charge is 0.255 e. The second-order valence-electron chi connectivity index (χ2n) is 5.50. The lowest BCUT2D eigenvalue weighted by Gasteiger charge is -2.14. The Balaban J connectivity index is 1.99. The Morgan fingerprint density at radius 2 is 1.36 bits per heavy atom. The van der Waals surface area contributed by atoms with Crippen LogP contribution in [0, 0.1) is 0 Å². The van der Waals surface area contributed by atoms with Crippen LogP contribution in [0.15, 0.2) is 89.8 Å². The molecular weight excluding hydrogens is 374 g/mol. The molecule has 0 saturated heterocycles. The number of aromatic nitrogens is 3. The molecule has 25 heavy (non-hydrogen) atoms. The van der Waals surface area contributed by atoms with Gasteiger partial charge in [-0.15, -0.1) is 0 Å².